The molecule has 2 rings (SSSR count). The summed E-state index contributed by atoms with van der Waals surface area (Å²) in [7, 11) is 0. The predicted octanol–water partition coefficient (Wildman–Crippen LogP) is 3.16. The van der Waals surface area contributed by atoms with Gasteiger partial charge in [-0.15, -0.1) is 24.8 Å². The third-order valence-corrected chi connectivity index (χ3v) is 3.50. The molecule has 1 amide bonds. The van der Waals surface area contributed by atoms with Gasteiger partial charge in [0, 0.05) is 25.3 Å². The monoisotopic (exact) mass is 373 g/mol. The minimum Gasteiger partial charge on any atom is -0.334 e. The number of hydrogen-bond acceptors (Lipinski definition) is 3. The zero-order chi connectivity index (χ0) is 15.5. The summed E-state index contributed by atoms with van der Waals surface area (Å²) in [6.45, 7) is 4.13. The third-order valence-electron chi connectivity index (χ3n) is 3.50. The number of alkyl halides is 3. The second-order valence-corrected chi connectivity index (χ2v) is 5.08. The maximum atomic E-state index is 12.5. The van der Waals surface area contributed by atoms with E-state index in [1.165, 1.54) is 6.07 Å². The molecule has 1 fully saturated rings. The highest BCUT2D eigenvalue weighted by atomic mass is 35.5. The van der Waals surface area contributed by atoms with E-state index in [-0.39, 0.29) is 42.3 Å². The Morgan fingerprint density at radius 2 is 2.09 bits per heavy atom. The average molecular weight is 374 g/mol. The lowest BCUT2D eigenvalue weighted by atomic mass is 10.1. The summed E-state index contributed by atoms with van der Waals surface area (Å²) in [5, 5.41) is 3.19. The first-order chi connectivity index (χ1) is 9.93. The van der Waals surface area contributed by atoms with Gasteiger partial charge < -0.3 is 10.2 Å². The van der Waals surface area contributed by atoms with E-state index in [1.807, 2.05) is 6.92 Å². The molecule has 1 saturated heterocycles. The Balaban J connectivity index is 0.00000242. The van der Waals surface area contributed by atoms with Crippen LogP contribution in [0.25, 0.3) is 0 Å². The summed E-state index contributed by atoms with van der Waals surface area (Å²) < 4.78 is 37.4. The lowest BCUT2D eigenvalue weighted by molar-refractivity contribution is -0.141. The summed E-state index contributed by atoms with van der Waals surface area (Å²) in [6.07, 6.45) is -1.81. The number of carbonyl (C=O) groups excluding carboxylic acids is 1. The number of hydrogen-bond donors (Lipinski definition) is 1. The van der Waals surface area contributed by atoms with Crippen LogP contribution >= 0.6 is 24.8 Å². The van der Waals surface area contributed by atoms with Gasteiger partial charge >= 0.3 is 6.18 Å². The van der Waals surface area contributed by atoms with Crippen LogP contribution in [0.5, 0.6) is 0 Å². The summed E-state index contributed by atoms with van der Waals surface area (Å²) in [6, 6.07) is 2.15. The van der Waals surface area contributed by atoms with E-state index < -0.39 is 11.9 Å². The summed E-state index contributed by atoms with van der Waals surface area (Å²) in [5.41, 5.74) is -0.785. The van der Waals surface area contributed by atoms with Gasteiger partial charge in [-0.2, -0.15) is 13.2 Å². The molecule has 1 N–H and O–H groups in total. The highest BCUT2D eigenvalue weighted by Gasteiger charge is 2.33. The Bertz CT molecular complexity index is 491. The Kier molecular flexibility index (Phi) is 8.87. The molecule has 4 nitrogen and oxygen atoms in total. The van der Waals surface area contributed by atoms with Crippen LogP contribution in [-0.4, -0.2) is 41.5 Å². The third kappa shape index (κ3) is 5.51. The fourth-order valence-corrected chi connectivity index (χ4v) is 2.45. The molecule has 0 aromatic carbocycles. The molecule has 1 aromatic rings. The van der Waals surface area contributed by atoms with E-state index in [0.717, 1.165) is 38.2 Å². The number of nitrogens with one attached hydrogen (secondary N) is 1. The number of amides is 1. The van der Waals surface area contributed by atoms with Gasteiger partial charge in [0.05, 0.1) is 5.56 Å². The molecule has 2 heterocycles. The number of rotatable bonds is 4. The fourth-order valence-electron chi connectivity index (χ4n) is 2.45. The largest absolute Gasteiger partial charge is 0.433 e. The van der Waals surface area contributed by atoms with E-state index in [1.54, 1.807) is 4.90 Å². The van der Waals surface area contributed by atoms with Crippen LogP contribution in [0.1, 0.15) is 35.8 Å². The minimum atomic E-state index is -4.49. The topological polar surface area (TPSA) is 45.2 Å². The SMILES string of the molecule is CCCN(C(=O)c1ccc(C(F)(F)F)nc1)C1CCNC1.Cl.Cl. The maximum Gasteiger partial charge on any atom is 0.433 e. The van der Waals surface area contributed by atoms with Gasteiger partial charge in [0.15, 0.2) is 0 Å². The number of halogens is 5. The van der Waals surface area contributed by atoms with Gasteiger partial charge in [-0.3, -0.25) is 9.78 Å². The molecule has 1 aliphatic heterocycles. The first kappa shape index (κ1) is 21.9. The van der Waals surface area contributed by atoms with Crippen molar-refractivity contribution in [3.8, 4) is 0 Å². The zero-order valence-corrected chi connectivity index (χ0v) is 14.2. The Morgan fingerprint density at radius 3 is 2.52 bits per heavy atom. The van der Waals surface area contributed by atoms with E-state index in [0.29, 0.717) is 6.54 Å². The van der Waals surface area contributed by atoms with Crippen LogP contribution < -0.4 is 5.32 Å². The Morgan fingerprint density at radius 1 is 1.39 bits per heavy atom. The quantitative estimate of drug-likeness (QED) is 0.881. The van der Waals surface area contributed by atoms with Crippen LogP contribution in [0, 0.1) is 0 Å². The van der Waals surface area contributed by atoms with Crippen molar-refractivity contribution in [1.82, 2.24) is 15.2 Å². The minimum absolute atomic E-state index is 0. The van der Waals surface area contributed by atoms with Gasteiger partial charge in [0.25, 0.3) is 5.91 Å². The number of pyridine rings is 1. The first-order valence-electron chi connectivity index (χ1n) is 6.98. The lowest BCUT2D eigenvalue weighted by Crippen LogP contribution is -2.42. The zero-order valence-electron chi connectivity index (χ0n) is 12.6. The van der Waals surface area contributed by atoms with E-state index >= 15 is 0 Å². The van der Waals surface area contributed by atoms with Gasteiger partial charge in [-0.1, -0.05) is 6.92 Å². The molecule has 9 heteroatoms. The smallest absolute Gasteiger partial charge is 0.334 e. The van der Waals surface area contributed by atoms with Crippen LogP contribution in [0.2, 0.25) is 0 Å². The molecular weight excluding hydrogens is 354 g/mol. The Hall–Kier alpha value is -1.05. The number of nitrogens with zero attached hydrogens (tertiary/aromatic N) is 2. The van der Waals surface area contributed by atoms with E-state index in [9.17, 15) is 18.0 Å². The summed E-state index contributed by atoms with van der Waals surface area (Å²) in [4.78, 5) is 17.5. The predicted molar refractivity (Wildman–Crippen MR) is 86.3 cm³/mol. The normalized spacial score (nSPS) is 17.1. The Labute approximate surface area is 145 Å². The molecule has 1 atom stereocenters. The highest BCUT2D eigenvalue weighted by molar-refractivity contribution is 5.94. The molecule has 132 valence electrons. The van der Waals surface area contributed by atoms with Crippen molar-refractivity contribution in [3.05, 3.63) is 29.6 Å². The second-order valence-electron chi connectivity index (χ2n) is 5.08. The van der Waals surface area contributed by atoms with E-state index in [2.05, 4.69) is 10.3 Å². The van der Waals surface area contributed by atoms with Crippen molar-refractivity contribution in [2.24, 2.45) is 0 Å². The van der Waals surface area contributed by atoms with Crippen LogP contribution in [0.3, 0.4) is 0 Å². The standard InChI is InChI=1S/C14H18F3N3O.2ClH/c1-2-7-20(11-5-6-18-9-11)13(21)10-3-4-12(19-8-10)14(15,16)17;;/h3-4,8,11,18H,2,5-7,9H2,1H3;2*1H. The first-order valence-corrected chi connectivity index (χ1v) is 6.98. The van der Waals surface area contributed by atoms with Crippen LogP contribution in [0.4, 0.5) is 13.2 Å². The van der Waals surface area contributed by atoms with Crippen LogP contribution in [-0.2, 0) is 6.18 Å². The highest BCUT2D eigenvalue weighted by Crippen LogP contribution is 2.27. The fraction of sp³-hybridized carbons (Fsp3) is 0.571. The van der Waals surface area contributed by atoms with Crippen molar-refractivity contribution < 1.29 is 18.0 Å². The molecule has 0 aliphatic carbocycles. The maximum absolute atomic E-state index is 12.5. The number of aromatic nitrogens is 1. The average Bonchev–Trinajstić information content (AvgIpc) is 2.97. The molecule has 0 bridgehead atoms. The molecule has 1 aliphatic rings. The molecule has 1 unspecified atom stereocenters. The van der Waals surface area contributed by atoms with Crippen molar-refractivity contribution in [2.75, 3.05) is 19.6 Å². The molecule has 23 heavy (non-hydrogen) atoms. The van der Waals surface area contributed by atoms with Crippen LogP contribution in [0.15, 0.2) is 18.3 Å². The summed E-state index contributed by atoms with van der Waals surface area (Å²) >= 11 is 0. The van der Waals surface area contributed by atoms with Gasteiger partial charge in [0.2, 0.25) is 0 Å². The second kappa shape index (κ2) is 9.30. The summed E-state index contributed by atoms with van der Waals surface area (Å²) in [5.74, 6) is -0.258. The number of carbonyl (C=O) groups is 1. The van der Waals surface area contributed by atoms with Gasteiger partial charge in [0.1, 0.15) is 5.69 Å². The lowest BCUT2D eigenvalue weighted by Gasteiger charge is -2.28. The van der Waals surface area contributed by atoms with Crippen molar-refractivity contribution >= 4 is 30.7 Å². The van der Waals surface area contributed by atoms with Crippen molar-refractivity contribution in [2.45, 2.75) is 32.0 Å². The molecule has 0 saturated carbocycles. The van der Waals surface area contributed by atoms with Crippen molar-refractivity contribution in [3.63, 3.8) is 0 Å². The van der Waals surface area contributed by atoms with Crippen molar-refractivity contribution in [1.29, 1.82) is 0 Å². The molecular formula is C14H20Cl2F3N3O. The molecule has 0 radical (unpaired) electrons. The molecule has 0 spiro atoms. The molecule has 1 aromatic heterocycles. The van der Waals surface area contributed by atoms with E-state index in [4.69, 9.17) is 0 Å². The van der Waals surface area contributed by atoms with Gasteiger partial charge in [-0.25, -0.2) is 0 Å². The van der Waals surface area contributed by atoms with Gasteiger partial charge in [-0.05, 0) is 31.5 Å².